The molecule has 2 aliphatic carbocycles. The van der Waals surface area contributed by atoms with Crippen molar-refractivity contribution in [2.45, 2.75) is 202 Å². The maximum atomic E-state index is 12.6. The zero-order valence-corrected chi connectivity index (χ0v) is 88.6. The minimum atomic E-state index is -0.123. The molecule has 4 bridgehead atoms. The minimum Gasteiger partial charge on any atom is -0.397 e. The number of benzene rings is 5. The van der Waals surface area contributed by atoms with Crippen molar-refractivity contribution in [1.29, 1.82) is 0 Å². The number of hydrogen-bond donors (Lipinski definition) is 10. The summed E-state index contributed by atoms with van der Waals surface area (Å²) in [5, 5.41) is 19.3. The van der Waals surface area contributed by atoms with E-state index >= 15 is 0 Å². The number of aryl methyl sites for hydroxylation is 5. The summed E-state index contributed by atoms with van der Waals surface area (Å²) < 4.78 is 0. The molecule has 30 heteroatoms. The summed E-state index contributed by atoms with van der Waals surface area (Å²) in [6, 6.07) is 65.9. The van der Waals surface area contributed by atoms with E-state index in [9.17, 15) is 24.0 Å². The van der Waals surface area contributed by atoms with Crippen molar-refractivity contribution in [2.24, 2.45) is 17.8 Å². The molecule has 10 aromatic heterocycles. The number of carbonyl (C=O) groups excluding carboxylic acids is 5. The normalized spacial score (nSPS) is 18.3. The molecule has 2 saturated carbocycles. The van der Waals surface area contributed by atoms with Gasteiger partial charge in [0.05, 0.1) is 28.4 Å². The highest BCUT2D eigenvalue weighted by atomic mass is 32.1. The second-order valence-electron chi connectivity index (χ2n) is 40.4. The third kappa shape index (κ3) is 24.5. The third-order valence-corrected chi connectivity index (χ3v) is 35.2. The van der Waals surface area contributed by atoms with Gasteiger partial charge in [-0.1, -0.05) is 67.6 Å². The Bertz CT molecular complexity index is 6470. The molecule has 5 amide bonds. The predicted molar refractivity (Wildman–Crippen MR) is 605 cm³/mol. The number of amides is 5. The highest BCUT2D eigenvalue weighted by molar-refractivity contribution is 7.22. The summed E-state index contributed by atoms with van der Waals surface area (Å²) in [5.41, 5.74) is 50.8. The lowest BCUT2D eigenvalue weighted by molar-refractivity contribution is 0.0950. The van der Waals surface area contributed by atoms with Gasteiger partial charge in [-0.3, -0.25) is 24.0 Å². The fourth-order valence-corrected chi connectivity index (χ4v) is 26.7. The van der Waals surface area contributed by atoms with Crippen LogP contribution in [0.1, 0.15) is 215 Å². The number of aromatic nitrogens is 5. The first kappa shape index (κ1) is 102. The van der Waals surface area contributed by atoms with E-state index in [0.717, 1.165) is 168 Å². The van der Waals surface area contributed by atoms with Gasteiger partial charge in [-0.25, -0.2) is 24.9 Å². The summed E-state index contributed by atoms with van der Waals surface area (Å²) in [6.45, 7) is 26.5. The van der Waals surface area contributed by atoms with Crippen LogP contribution in [0.25, 0.3) is 51.1 Å². The average Bonchev–Trinajstić information content (AvgIpc) is 1.66. The molecular formula is C115H136N20O5S5. The Hall–Kier alpha value is -13.0. The summed E-state index contributed by atoms with van der Waals surface area (Å²) in [7, 11) is 0. The van der Waals surface area contributed by atoms with Crippen molar-refractivity contribution < 1.29 is 24.0 Å². The van der Waals surface area contributed by atoms with E-state index in [1.54, 1.807) is 0 Å². The number of nitrogens with one attached hydrogen (secondary N) is 5. The molecule has 5 aliphatic heterocycles. The van der Waals surface area contributed by atoms with Gasteiger partial charge in [0.25, 0.3) is 29.5 Å². The van der Waals surface area contributed by atoms with E-state index < -0.39 is 0 Å². The molecule has 7 fully saturated rings. The molecule has 5 saturated heterocycles. The number of thiophene rings is 5. The van der Waals surface area contributed by atoms with E-state index in [1.165, 1.54) is 216 Å². The van der Waals surface area contributed by atoms with E-state index in [2.05, 4.69) is 218 Å². The van der Waals surface area contributed by atoms with E-state index in [4.69, 9.17) is 28.7 Å². The Morgan fingerprint density at radius 3 is 0.779 bits per heavy atom. The predicted octanol–water partition coefficient (Wildman–Crippen LogP) is 21.8. The van der Waals surface area contributed by atoms with Crippen LogP contribution in [0.4, 0.5) is 56.9 Å². The van der Waals surface area contributed by atoms with Gasteiger partial charge < -0.3 is 79.8 Å². The van der Waals surface area contributed by atoms with Crippen LogP contribution in [0.3, 0.4) is 0 Å². The molecular weight excluding hydrogens is 1900 g/mol. The molecule has 7 aliphatic rings. The maximum absolute atomic E-state index is 12.6. The van der Waals surface area contributed by atoms with E-state index in [0.29, 0.717) is 97.6 Å². The molecule has 25 nitrogen and oxygen atoms in total. The summed E-state index contributed by atoms with van der Waals surface area (Å²) in [5.74, 6) is 1.96. The first-order valence-corrected chi connectivity index (χ1v) is 55.8. The van der Waals surface area contributed by atoms with Gasteiger partial charge in [0.1, 0.15) is 48.5 Å². The Balaban J connectivity index is 0.000000119. The van der Waals surface area contributed by atoms with Gasteiger partial charge in [0, 0.05) is 180 Å². The van der Waals surface area contributed by atoms with Crippen LogP contribution >= 0.6 is 56.7 Å². The Morgan fingerprint density at radius 2 is 0.545 bits per heavy atom. The molecule has 5 aromatic carbocycles. The van der Waals surface area contributed by atoms with Gasteiger partial charge in [-0.05, 0) is 337 Å². The number of nitrogens with two attached hydrogens (primary N) is 5. The van der Waals surface area contributed by atoms with Gasteiger partial charge in [0.2, 0.25) is 0 Å². The molecule has 15 N–H and O–H groups in total. The number of carbonyl (C=O) groups is 5. The summed E-state index contributed by atoms with van der Waals surface area (Å²) >= 11 is 6.79. The number of nitrogen functional groups attached to an aromatic ring is 5. The fraction of sp³-hybridized carbons (Fsp3) is 0.391. The maximum Gasteiger partial charge on any atom is 0.263 e. The smallest absolute Gasteiger partial charge is 0.263 e. The number of anilines is 10. The molecule has 145 heavy (non-hydrogen) atoms. The number of pyridine rings is 5. The van der Waals surface area contributed by atoms with Crippen molar-refractivity contribution in [3.05, 3.63) is 263 Å². The summed E-state index contributed by atoms with van der Waals surface area (Å²) in [4.78, 5) is 105. The Kier molecular flexibility index (Phi) is 32.8. The lowest BCUT2D eigenvalue weighted by Crippen LogP contribution is -2.37. The number of fused-ring (bicyclic) bond motifs is 9. The quantitative estimate of drug-likeness (QED) is 0.0254. The van der Waals surface area contributed by atoms with Crippen molar-refractivity contribution in [2.75, 3.05) is 125 Å². The van der Waals surface area contributed by atoms with Crippen LogP contribution in [-0.4, -0.2) is 151 Å². The van der Waals surface area contributed by atoms with Gasteiger partial charge in [-0.15, -0.1) is 56.7 Å². The first-order chi connectivity index (χ1) is 70.2. The average molecular weight is 2040 g/mol. The topological polar surface area (TPSA) is 356 Å². The van der Waals surface area contributed by atoms with Gasteiger partial charge in [0.15, 0.2) is 0 Å². The molecule has 1 unspecified atom stereocenters. The molecule has 22 rings (SSSR count). The van der Waals surface area contributed by atoms with Crippen LogP contribution in [0, 0.1) is 52.4 Å². The summed E-state index contributed by atoms with van der Waals surface area (Å²) in [6.07, 6.45) is 22.5. The van der Waals surface area contributed by atoms with Crippen LogP contribution in [0.15, 0.2) is 182 Å². The van der Waals surface area contributed by atoms with Crippen molar-refractivity contribution in [3.8, 4) is 0 Å². The van der Waals surface area contributed by atoms with Crippen molar-refractivity contribution >= 4 is 194 Å². The largest absolute Gasteiger partial charge is 0.397 e. The van der Waals surface area contributed by atoms with Crippen LogP contribution in [0.5, 0.6) is 0 Å². The number of rotatable bonds is 25. The second kappa shape index (κ2) is 46.6. The van der Waals surface area contributed by atoms with Crippen LogP contribution in [-0.2, 0) is 32.1 Å². The number of piperidine rings is 5. The Morgan fingerprint density at radius 1 is 0.290 bits per heavy atom. The molecule has 15 aromatic rings. The minimum absolute atomic E-state index is 0.118. The monoisotopic (exact) mass is 2040 g/mol. The van der Waals surface area contributed by atoms with Crippen molar-refractivity contribution in [1.82, 2.24) is 51.5 Å². The molecule has 15 heterocycles. The zero-order chi connectivity index (χ0) is 101. The van der Waals surface area contributed by atoms with E-state index in [1.807, 2.05) is 95.3 Å². The Labute approximate surface area is 870 Å². The molecule has 7 atom stereocenters. The lowest BCUT2D eigenvalue weighted by atomic mass is 9.99. The highest BCUT2D eigenvalue weighted by Gasteiger charge is 2.40. The lowest BCUT2D eigenvalue weighted by Gasteiger charge is -2.35. The van der Waals surface area contributed by atoms with Gasteiger partial charge >= 0.3 is 0 Å². The molecule has 0 radical (unpaired) electrons. The molecule has 0 spiro atoms. The first-order valence-electron chi connectivity index (χ1n) is 51.7. The highest BCUT2D eigenvalue weighted by Crippen LogP contribution is 2.44. The third-order valence-electron chi connectivity index (χ3n) is 29.6. The van der Waals surface area contributed by atoms with Crippen LogP contribution < -0.4 is 79.8 Å². The standard InChI is InChI=1S/2C23H26N4OS.3C23H28N4OS/c2*1-14-2-9-19-20(24)21(29-23(19)26-14)22(28)25-11-10-15-3-6-17(7-4-15)27-13-16-5-8-18(27)12-16;1-15-4-3-13-27(14-15)18-8-6-17(7-9-18)11-12-25-22(28)21-20(24)19-10-5-16(2)26-23(19)29-21;2*1-15-6-11-19-20(24)21(29-23(19)26-15)22(28)25-13-12-17-7-9-18(10-8-17)27-14-4-3-5-16(27)2/h2*2-4,6-7,9,16,18H,5,8,10-13,24H2,1H3,(H,25,28);5-10,15H,3-4,11-14,24H2,1-2H3,(H,25,28);2*6-11,16H,3-5,12-14,24H2,1-2H3,(H,25,28)/t16?,18-;16-,18+;15-;2*16-/m11010/s1. The number of nitrogens with zero attached hydrogens (tertiary/aromatic N) is 10. The van der Waals surface area contributed by atoms with Gasteiger partial charge in [-0.2, -0.15) is 0 Å². The van der Waals surface area contributed by atoms with E-state index in [-0.39, 0.29) is 29.5 Å². The zero-order valence-electron chi connectivity index (χ0n) is 84.5. The van der Waals surface area contributed by atoms with Crippen molar-refractivity contribution in [3.63, 3.8) is 0 Å². The number of hydrogen-bond acceptors (Lipinski definition) is 25. The van der Waals surface area contributed by atoms with Crippen LogP contribution in [0.2, 0.25) is 0 Å². The SMILES string of the molecule is Cc1ccc2c(N)c(C(=O)NCCc3ccc(N4CC5CC[C@@H]4C5)cc3)sc2n1.Cc1ccc2c(N)c(C(=O)NCCc3ccc(N4CCCC[C@@H]4C)cc3)sc2n1.Cc1ccc2c(N)c(C(=O)NCCc3ccc(N4CCCC[C@H]4C)cc3)sc2n1.Cc1ccc2c(N)c(C(=O)NCCc3ccc(N4CCC[C@H](C)C4)cc3)sc2n1.Cc1ccc2c(N)c(C(=O)NCCc3ccc(N4C[C@@H]5CC[C@H]4C5)cc3)sc2n1. The molecule has 756 valence electrons. The second-order valence-corrected chi connectivity index (χ2v) is 45.3. The fourth-order valence-electron chi connectivity index (χ4n) is 21.5.